The zero-order valence-corrected chi connectivity index (χ0v) is 11.5. The van der Waals surface area contributed by atoms with Crippen LogP contribution >= 0.6 is 0 Å². The SMILES string of the molecule is CN(CC(C)(C)C(C)(C)N)C1CCOCC1. The van der Waals surface area contributed by atoms with Crippen molar-refractivity contribution in [3.63, 3.8) is 0 Å². The molecule has 0 amide bonds. The predicted octanol–water partition coefficient (Wildman–Crippen LogP) is 1.86. The monoisotopic (exact) mass is 228 g/mol. The molecule has 16 heavy (non-hydrogen) atoms. The van der Waals surface area contributed by atoms with E-state index >= 15 is 0 Å². The lowest BCUT2D eigenvalue weighted by Gasteiger charge is -2.43. The molecule has 0 aromatic rings. The van der Waals surface area contributed by atoms with Gasteiger partial charge in [-0.15, -0.1) is 0 Å². The molecule has 3 nitrogen and oxygen atoms in total. The number of rotatable bonds is 4. The van der Waals surface area contributed by atoms with E-state index in [4.69, 9.17) is 10.5 Å². The van der Waals surface area contributed by atoms with E-state index in [-0.39, 0.29) is 11.0 Å². The Hall–Kier alpha value is -0.120. The molecule has 0 aliphatic carbocycles. The summed E-state index contributed by atoms with van der Waals surface area (Å²) in [7, 11) is 2.21. The first kappa shape index (κ1) is 13.9. The summed E-state index contributed by atoms with van der Waals surface area (Å²) in [6, 6.07) is 0.662. The molecule has 1 rings (SSSR count). The number of hydrogen-bond acceptors (Lipinski definition) is 3. The highest BCUT2D eigenvalue weighted by molar-refractivity contribution is 4.92. The second-order valence-corrected chi connectivity index (χ2v) is 6.36. The first-order chi connectivity index (χ1) is 7.24. The smallest absolute Gasteiger partial charge is 0.0480 e. The van der Waals surface area contributed by atoms with E-state index < -0.39 is 0 Å². The first-order valence-electron chi connectivity index (χ1n) is 6.31. The van der Waals surface area contributed by atoms with Crippen LogP contribution in [-0.4, -0.2) is 43.3 Å². The zero-order valence-electron chi connectivity index (χ0n) is 11.5. The van der Waals surface area contributed by atoms with Gasteiger partial charge in [-0.2, -0.15) is 0 Å². The van der Waals surface area contributed by atoms with E-state index in [0.29, 0.717) is 6.04 Å². The number of hydrogen-bond donors (Lipinski definition) is 1. The topological polar surface area (TPSA) is 38.5 Å². The number of nitrogens with two attached hydrogens (primary N) is 1. The Morgan fingerprint density at radius 2 is 1.69 bits per heavy atom. The average Bonchev–Trinajstić information content (AvgIpc) is 2.16. The van der Waals surface area contributed by atoms with Crippen molar-refractivity contribution >= 4 is 0 Å². The molecule has 0 spiro atoms. The minimum Gasteiger partial charge on any atom is -0.381 e. The molecule has 1 aliphatic rings. The van der Waals surface area contributed by atoms with Crippen LogP contribution in [-0.2, 0) is 4.74 Å². The summed E-state index contributed by atoms with van der Waals surface area (Å²) in [5.41, 5.74) is 6.22. The lowest BCUT2D eigenvalue weighted by Crippen LogP contribution is -2.54. The molecule has 0 saturated carbocycles. The van der Waals surface area contributed by atoms with Crippen LogP contribution in [0, 0.1) is 5.41 Å². The van der Waals surface area contributed by atoms with Gasteiger partial charge in [0.15, 0.2) is 0 Å². The standard InChI is InChI=1S/C13H28N2O/c1-12(2,13(3,4)14)10-15(5)11-6-8-16-9-7-11/h11H,6-10,14H2,1-5H3. The highest BCUT2D eigenvalue weighted by Gasteiger charge is 2.35. The molecular weight excluding hydrogens is 200 g/mol. The van der Waals surface area contributed by atoms with Crippen molar-refractivity contribution in [2.45, 2.75) is 52.1 Å². The van der Waals surface area contributed by atoms with Gasteiger partial charge in [0.1, 0.15) is 0 Å². The minimum absolute atomic E-state index is 0.125. The summed E-state index contributed by atoms with van der Waals surface area (Å²) in [5.74, 6) is 0. The molecule has 0 radical (unpaired) electrons. The highest BCUT2D eigenvalue weighted by Crippen LogP contribution is 2.30. The molecule has 0 aromatic carbocycles. The van der Waals surface area contributed by atoms with E-state index in [0.717, 1.165) is 32.6 Å². The van der Waals surface area contributed by atoms with Crippen LogP contribution in [0.25, 0.3) is 0 Å². The van der Waals surface area contributed by atoms with Crippen molar-refractivity contribution in [1.29, 1.82) is 0 Å². The maximum absolute atomic E-state index is 6.24. The molecule has 0 bridgehead atoms. The first-order valence-corrected chi connectivity index (χ1v) is 6.31. The van der Waals surface area contributed by atoms with E-state index in [2.05, 4.69) is 39.6 Å². The van der Waals surface area contributed by atoms with Crippen LogP contribution in [0.1, 0.15) is 40.5 Å². The third kappa shape index (κ3) is 3.44. The van der Waals surface area contributed by atoms with Crippen molar-refractivity contribution in [3.05, 3.63) is 0 Å². The van der Waals surface area contributed by atoms with Gasteiger partial charge in [0, 0.05) is 31.3 Å². The van der Waals surface area contributed by atoms with Gasteiger partial charge in [0.2, 0.25) is 0 Å². The zero-order chi connectivity index (χ0) is 12.4. The van der Waals surface area contributed by atoms with Gasteiger partial charge in [0.25, 0.3) is 0 Å². The summed E-state index contributed by atoms with van der Waals surface area (Å²) in [5, 5.41) is 0. The molecular formula is C13H28N2O. The van der Waals surface area contributed by atoms with E-state index in [1.54, 1.807) is 0 Å². The third-order valence-electron chi connectivity index (χ3n) is 4.20. The maximum Gasteiger partial charge on any atom is 0.0480 e. The summed E-state index contributed by atoms with van der Waals surface area (Å²) in [6.07, 6.45) is 2.30. The number of ether oxygens (including phenoxy) is 1. The van der Waals surface area contributed by atoms with Crippen molar-refractivity contribution in [1.82, 2.24) is 4.90 Å². The van der Waals surface area contributed by atoms with Crippen molar-refractivity contribution in [2.24, 2.45) is 11.1 Å². The van der Waals surface area contributed by atoms with Crippen molar-refractivity contribution in [2.75, 3.05) is 26.8 Å². The van der Waals surface area contributed by atoms with Crippen LogP contribution < -0.4 is 5.73 Å². The van der Waals surface area contributed by atoms with Gasteiger partial charge in [-0.1, -0.05) is 13.8 Å². The van der Waals surface area contributed by atoms with E-state index in [9.17, 15) is 0 Å². The summed E-state index contributed by atoms with van der Waals surface area (Å²) in [4.78, 5) is 2.46. The van der Waals surface area contributed by atoms with Crippen LogP contribution in [0.2, 0.25) is 0 Å². The molecule has 1 saturated heterocycles. The van der Waals surface area contributed by atoms with Gasteiger partial charge < -0.3 is 15.4 Å². The van der Waals surface area contributed by atoms with Gasteiger partial charge in [-0.3, -0.25) is 0 Å². The minimum atomic E-state index is -0.146. The van der Waals surface area contributed by atoms with Crippen molar-refractivity contribution < 1.29 is 4.74 Å². The summed E-state index contributed by atoms with van der Waals surface area (Å²) >= 11 is 0. The number of nitrogens with zero attached hydrogens (tertiary/aromatic N) is 1. The predicted molar refractivity (Wildman–Crippen MR) is 68.5 cm³/mol. The van der Waals surface area contributed by atoms with Gasteiger partial charge in [-0.05, 0) is 39.2 Å². The quantitative estimate of drug-likeness (QED) is 0.798. The molecule has 2 N–H and O–H groups in total. The molecule has 0 aromatic heterocycles. The highest BCUT2D eigenvalue weighted by atomic mass is 16.5. The summed E-state index contributed by atoms with van der Waals surface area (Å²) in [6.45, 7) is 11.6. The Kier molecular flexibility index (Phi) is 4.38. The lowest BCUT2D eigenvalue weighted by atomic mass is 9.74. The largest absolute Gasteiger partial charge is 0.381 e. The van der Waals surface area contributed by atoms with Gasteiger partial charge in [-0.25, -0.2) is 0 Å². The van der Waals surface area contributed by atoms with E-state index in [1.807, 2.05) is 0 Å². The lowest BCUT2D eigenvalue weighted by molar-refractivity contribution is 0.0218. The van der Waals surface area contributed by atoms with Crippen molar-refractivity contribution in [3.8, 4) is 0 Å². The van der Waals surface area contributed by atoms with Crippen LogP contribution in [0.5, 0.6) is 0 Å². The van der Waals surface area contributed by atoms with Gasteiger partial charge >= 0.3 is 0 Å². The van der Waals surface area contributed by atoms with Crippen LogP contribution in [0.4, 0.5) is 0 Å². The summed E-state index contributed by atoms with van der Waals surface area (Å²) < 4.78 is 5.40. The Labute approximate surface area is 100 Å². The fourth-order valence-electron chi connectivity index (χ4n) is 2.08. The fourth-order valence-corrected chi connectivity index (χ4v) is 2.08. The Morgan fingerprint density at radius 1 is 1.19 bits per heavy atom. The fraction of sp³-hybridized carbons (Fsp3) is 1.00. The molecule has 1 heterocycles. The Balaban J connectivity index is 2.52. The average molecular weight is 228 g/mol. The Morgan fingerprint density at radius 3 is 2.12 bits per heavy atom. The normalized spacial score (nSPS) is 20.4. The molecule has 3 heteroatoms. The molecule has 96 valence electrons. The maximum atomic E-state index is 6.24. The second kappa shape index (κ2) is 5.03. The van der Waals surface area contributed by atoms with Crippen LogP contribution in [0.15, 0.2) is 0 Å². The van der Waals surface area contributed by atoms with Gasteiger partial charge in [0.05, 0.1) is 0 Å². The molecule has 1 fully saturated rings. The van der Waals surface area contributed by atoms with Crippen LogP contribution in [0.3, 0.4) is 0 Å². The molecule has 0 unspecified atom stereocenters. The van der Waals surface area contributed by atoms with E-state index in [1.165, 1.54) is 0 Å². The molecule has 1 aliphatic heterocycles. The Bertz CT molecular complexity index is 214. The second-order valence-electron chi connectivity index (χ2n) is 6.36. The molecule has 0 atom stereocenters. The third-order valence-corrected chi connectivity index (χ3v) is 4.20.